The summed E-state index contributed by atoms with van der Waals surface area (Å²) < 4.78 is 1.60. The first-order valence-electron chi connectivity index (χ1n) is 5.54. The summed E-state index contributed by atoms with van der Waals surface area (Å²) in [5, 5.41) is 14.0. The van der Waals surface area contributed by atoms with E-state index in [1.165, 1.54) is 0 Å². The van der Waals surface area contributed by atoms with Gasteiger partial charge in [0.05, 0.1) is 10.6 Å². The molecule has 96 valence electrons. The van der Waals surface area contributed by atoms with E-state index in [2.05, 4.69) is 4.98 Å². The molecular weight excluding hydrogens is 280 g/mol. The van der Waals surface area contributed by atoms with Crippen molar-refractivity contribution in [2.45, 2.75) is 0 Å². The molecule has 0 fully saturated rings. The van der Waals surface area contributed by atoms with Gasteiger partial charge in [0, 0.05) is 24.2 Å². The molecule has 3 rings (SSSR count). The number of carboxylic acid groups (broad SMARTS) is 1. The fraction of sp³-hybridized carbons (Fsp3) is 0.0769. The van der Waals surface area contributed by atoms with Gasteiger partial charge in [0.2, 0.25) is 0 Å². The van der Waals surface area contributed by atoms with E-state index in [9.17, 15) is 4.79 Å². The van der Waals surface area contributed by atoms with Crippen LogP contribution in [0.25, 0.3) is 21.1 Å². The van der Waals surface area contributed by atoms with Gasteiger partial charge in [0.25, 0.3) is 0 Å². The van der Waals surface area contributed by atoms with Crippen LogP contribution in [0.2, 0.25) is 0 Å². The van der Waals surface area contributed by atoms with Crippen LogP contribution in [-0.2, 0) is 7.05 Å². The summed E-state index contributed by atoms with van der Waals surface area (Å²) in [7, 11) is 1.72. The first kappa shape index (κ1) is 12.1. The minimum atomic E-state index is -0.928. The van der Waals surface area contributed by atoms with Crippen molar-refractivity contribution in [2.24, 2.45) is 7.05 Å². The first-order chi connectivity index (χ1) is 9.15. The van der Waals surface area contributed by atoms with Crippen LogP contribution in [0.15, 0.2) is 35.2 Å². The summed E-state index contributed by atoms with van der Waals surface area (Å²) in [5.41, 5.74) is 1.91. The molecule has 0 atom stereocenters. The summed E-state index contributed by atoms with van der Waals surface area (Å²) in [4.78, 5) is 16.7. The average Bonchev–Trinajstić information content (AvgIpc) is 3.08. The van der Waals surface area contributed by atoms with Gasteiger partial charge in [-0.1, -0.05) is 6.07 Å². The fourth-order valence-electron chi connectivity index (χ4n) is 1.84. The number of thiazole rings is 1. The van der Waals surface area contributed by atoms with Crippen molar-refractivity contribution in [3.63, 3.8) is 0 Å². The van der Waals surface area contributed by atoms with E-state index in [4.69, 9.17) is 5.11 Å². The number of hydrogen-bond donors (Lipinski definition) is 1. The Kier molecular flexibility index (Phi) is 2.96. The molecule has 4 nitrogen and oxygen atoms in total. The summed E-state index contributed by atoms with van der Waals surface area (Å²) in [6, 6.07) is 5.67. The van der Waals surface area contributed by atoms with Crippen LogP contribution in [0.4, 0.5) is 0 Å². The van der Waals surface area contributed by atoms with Crippen molar-refractivity contribution in [1.29, 1.82) is 0 Å². The van der Waals surface area contributed by atoms with E-state index in [1.54, 1.807) is 46.6 Å². The number of aromatic carboxylic acids is 1. The Labute approximate surface area is 117 Å². The standard InChI is InChI=1S/C13H10N2O2S2/c1-15-6-8(5-10(15)13(16)17)9-7-19-12(14-9)11-3-2-4-18-11/h2-7H,1H3,(H,16,17). The summed E-state index contributed by atoms with van der Waals surface area (Å²) >= 11 is 3.21. The third-order valence-corrected chi connectivity index (χ3v) is 4.64. The van der Waals surface area contributed by atoms with Gasteiger partial charge in [-0.15, -0.1) is 22.7 Å². The highest BCUT2D eigenvalue weighted by Gasteiger charge is 2.13. The smallest absolute Gasteiger partial charge is 0.352 e. The summed E-state index contributed by atoms with van der Waals surface area (Å²) in [6.07, 6.45) is 1.79. The predicted molar refractivity (Wildman–Crippen MR) is 76.8 cm³/mol. The largest absolute Gasteiger partial charge is 0.477 e. The SMILES string of the molecule is Cn1cc(-c2csc(-c3cccs3)n2)cc1C(=O)O. The highest BCUT2D eigenvalue weighted by molar-refractivity contribution is 7.20. The van der Waals surface area contributed by atoms with Gasteiger partial charge in [0.15, 0.2) is 0 Å². The molecule has 0 spiro atoms. The third kappa shape index (κ3) is 2.20. The fourth-order valence-corrected chi connectivity index (χ4v) is 3.48. The van der Waals surface area contributed by atoms with Gasteiger partial charge in [0.1, 0.15) is 10.7 Å². The maximum Gasteiger partial charge on any atom is 0.352 e. The van der Waals surface area contributed by atoms with Crippen LogP contribution in [-0.4, -0.2) is 20.6 Å². The number of carbonyl (C=O) groups is 1. The van der Waals surface area contributed by atoms with E-state index in [1.807, 2.05) is 22.9 Å². The minimum absolute atomic E-state index is 0.265. The number of carboxylic acids is 1. The van der Waals surface area contributed by atoms with Crippen molar-refractivity contribution >= 4 is 28.6 Å². The van der Waals surface area contributed by atoms with Gasteiger partial charge < -0.3 is 9.67 Å². The molecule has 0 bridgehead atoms. The Morgan fingerprint density at radius 1 is 1.42 bits per heavy atom. The van der Waals surface area contributed by atoms with Gasteiger partial charge in [-0.05, 0) is 17.5 Å². The Hall–Kier alpha value is -1.92. The maximum absolute atomic E-state index is 11.0. The zero-order chi connectivity index (χ0) is 13.4. The molecule has 0 saturated heterocycles. The molecule has 0 amide bonds. The van der Waals surface area contributed by atoms with Crippen LogP contribution in [0.5, 0.6) is 0 Å². The molecule has 6 heteroatoms. The zero-order valence-electron chi connectivity index (χ0n) is 10.0. The van der Waals surface area contributed by atoms with Crippen LogP contribution in [0.1, 0.15) is 10.5 Å². The molecule has 0 radical (unpaired) electrons. The Morgan fingerprint density at radius 3 is 2.89 bits per heavy atom. The molecular formula is C13H10N2O2S2. The van der Waals surface area contributed by atoms with Crippen molar-refractivity contribution in [3.05, 3.63) is 40.8 Å². The van der Waals surface area contributed by atoms with Crippen molar-refractivity contribution in [1.82, 2.24) is 9.55 Å². The van der Waals surface area contributed by atoms with Crippen LogP contribution < -0.4 is 0 Å². The third-order valence-electron chi connectivity index (χ3n) is 2.76. The second-order valence-corrected chi connectivity index (χ2v) is 5.85. The summed E-state index contributed by atoms with van der Waals surface area (Å²) in [5.74, 6) is -0.928. The molecule has 0 aliphatic heterocycles. The number of aryl methyl sites for hydroxylation is 1. The lowest BCUT2D eigenvalue weighted by atomic mass is 10.2. The quantitative estimate of drug-likeness (QED) is 0.802. The van der Waals surface area contributed by atoms with Gasteiger partial charge in [-0.25, -0.2) is 9.78 Å². The zero-order valence-corrected chi connectivity index (χ0v) is 11.7. The number of rotatable bonds is 3. The Bertz CT molecular complexity index is 726. The first-order valence-corrected chi connectivity index (χ1v) is 7.30. The molecule has 0 unspecified atom stereocenters. The second kappa shape index (κ2) is 4.64. The predicted octanol–water partition coefficient (Wildman–Crippen LogP) is 3.58. The molecule has 3 heterocycles. The van der Waals surface area contributed by atoms with Crippen LogP contribution in [0, 0.1) is 0 Å². The second-order valence-electron chi connectivity index (χ2n) is 4.05. The number of aromatic nitrogens is 2. The molecule has 0 aromatic carbocycles. The normalized spacial score (nSPS) is 10.8. The van der Waals surface area contributed by atoms with Gasteiger partial charge >= 0.3 is 5.97 Å². The van der Waals surface area contributed by atoms with E-state index in [0.717, 1.165) is 21.1 Å². The lowest BCUT2D eigenvalue weighted by Gasteiger charge is -1.93. The van der Waals surface area contributed by atoms with E-state index in [0.29, 0.717) is 0 Å². The van der Waals surface area contributed by atoms with Crippen molar-refractivity contribution in [3.8, 4) is 21.1 Å². The molecule has 19 heavy (non-hydrogen) atoms. The van der Waals surface area contributed by atoms with Crippen LogP contribution >= 0.6 is 22.7 Å². The minimum Gasteiger partial charge on any atom is -0.477 e. The van der Waals surface area contributed by atoms with Crippen molar-refractivity contribution < 1.29 is 9.90 Å². The monoisotopic (exact) mass is 290 g/mol. The number of thiophene rings is 1. The lowest BCUT2D eigenvalue weighted by Crippen LogP contribution is -2.02. The van der Waals surface area contributed by atoms with Gasteiger partial charge in [-0.2, -0.15) is 0 Å². The lowest BCUT2D eigenvalue weighted by molar-refractivity contribution is 0.0686. The average molecular weight is 290 g/mol. The molecule has 0 saturated carbocycles. The Balaban J connectivity index is 1.99. The highest BCUT2D eigenvalue weighted by atomic mass is 32.1. The van der Waals surface area contributed by atoms with Crippen molar-refractivity contribution in [2.75, 3.05) is 0 Å². The maximum atomic E-state index is 11.0. The van der Waals surface area contributed by atoms with E-state index < -0.39 is 5.97 Å². The van der Waals surface area contributed by atoms with Crippen LogP contribution in [0.3, 0.4) is 0 Å². The molecule has 0 aliphatic carbocycles. The molecule has 3 aromatic heterocycles. The Morgan fingerprint density at radius 2 is 2.26 bits per heavy atom. The molecule has 1 N–H and O–H groups in total. The molecule has 0 aliphatic rings. The summed E-state index contributed by atoms with van der Waals surface area (Å²) in [6.45, 7) is 0. The topological polar surface area (TPSA) is 55.1 Å². The van der Waals surface area contributed by atoms with E-state index in [-0.39, 0.29) is 5.69 Å². The highest BCUT2D eigenvalue weighted by Crippen LogP contribution is 2.32. The number of hydrogen-bond acceptors (Lipinski definition) is 4. The number of nitrogens with zero attached hydrogens (tertiary/aromatic N) is 2. The molecule has 3 aromatic rings. The van der Waals surface area contributed by atoms with E-state index >= 15 is 0 Å². The van der Waals surface area contributed by atoms with Gasteiger partial charge in [-0.3, -0.25) is 0 Å².